The molecular formula is C21H48NO3Si+. The molecule has 0 aliphatic rings. The molecular weight excluding hydrogens is 342 g/mol. The average molecular weight is 391 g/mol. The van der Waals surface area contributed by atoms with Gasteiger partial charge in [0.05, 0.1) is 26.2 Å². The van der Waals surface area contributed by atoms with Gasteiger partial charge in [0.2, 0.25) is 0 Å². The van der Waals surface area contributed by atoms with Crippen LogP contribution >= 0.6 is 0 Å². The zero-order chi connectivity index (χ0) is 19.7. The minimum Gasteiger partial charge on any atom is -0.374 e. The van der Waals surface area contributed by atoms with Crippen LogP contribution in [0, 0.1) is 0 Å². The maximum Gasteiger partial charge on any atom is 0.501 e. The van der Waals surface area contributed by atoms with Gasteiger partial charge in [0.15, 0.2) is 0 Å². The van der Waals surface area contributed by atoms with Gasteiger partial charge in [-0.05, 0) is 47.5 Å². The van der Waals surface area contributed by atoms with Gasteiger partial charge in [0.1, 0.15) is 0 Å². The molecule has 0 aliphatic carbocycles. The van der Waals surface area contributed by atoms with E-state index in [0.717, 1.165) is 12.5 Å². The lowest BCUT2D eigenvalue weighted by atomic mass is 10.1. The molecule has 0 N–H and O–H groups in total. The Kier molecular flexibility index (Phi) is 16.1. The van der Waals surface area contributed by atoms with Gasteiger partial charge in [-0.25, -0.2) is 0 Å². The monoisotopic (exact) mass is 390 g/mol. The summed E-state index contributed by atoms with van der Waals surface area (Å²) in [4.78, 5) is 0. The molecule has 0 fully saturated rings. The van der Waals surface area contributed by atoms with Crippen molar-refractivity contribution in [2.45, 2.75) is 92.5 Å². The second kappa shape index (κ2) is 16.1. The third kappa shape index (κ3) is 10.4. The SMILES string of the molecule is CCCCCCCC[N+](CC)(CC)CCC[Si](OCC)(OCC)OCC. The van der Waals surface area contributed by atoms with Crippen LogP contribution in [0.1, 0.15) is 86.5 Å². The van der Waals surface area contributed by atoms with Crippen molar-refractivity contribution in [3.63, 3.8) is 0 Å². The quantitative estimate of drug-likeness (QED) is 0.162. The first-order valence-corrected chi connectivity index (χ1v) is 13.3. The van der Waals surface area contributed by atoms with Crippen LogP contribution in [-0.2, 0) is 13.3 Å². The number of quaternary nitrogens is 1. The molecule has 5 heteroatoms. The zero-order valence-corrected chi connectivity index (χ0v) is 19.8. The first-order valence-electron chi connectivity index (χ1n) is 11.3. The average Bonchev–Trinajstić information content (AvgIpc) is 2.64. The number of rotatable bonds is 19. The summed E-state index contributed by atoms with van der Waals surface area (Å²) in [5, 5.41) is 0. The Morgan fingerprint density at radius 1 is 0.577 bits per heavy atom. The van der Waals surface area contributed by atoms with Gasteiger partial charge in [0, 0.05) is 32.3 Å². The lowest BCUT2D eigenvalue weighted by Crippen LogP contribution is -2.51. The maximum absolute atomic E-state index is 6.02. The lowest BCUT2D eigenvalue weighted by molar-refractivity contribution is -0.925. The highest BCUT2D eigenvalue weighted by Crippen LogP contribution is 2.21. The molecule has 0 radical (unpaired) electrons. The molecule has 0 aromatic heterocycles. The molecule has 0 bridgehead atoms. The highest BCUT2D eigenvalue weighted by Gasteiger charge is 2.40. The Morgan fingerprint density at radius 3 is 1.50 bits per heavy atom. The Bertz CT molecular complexity index is 295. The van der Waals surface area contributed by atoms with E-state index in [2.05, 4.69) is 20.8 Å². The Hall–Kier alpha value is 0.0569. The fourth-order valence-corrected chi connectivity index (χ4v) is 6.42. The van der Waals surface area contributed by atoms with Crippen LogP contribution in [0.25, 0.3) is 0 Å². The van der Waals surface area contributed by atoms with Crippen molar-refractivity contribution in [3.05, 3.63) is 0 Å². The smallest absolute Gasteiger partial charge is 0.374 e. The second-order valence-electron chi connectivity index (χ2n) is 7.27. The van der Waals surface area contributed by atoms with Crippen molar-refractivity contribution in [2.24, 2.45) is 0 Å². The molecule has 0 heterocycles. The zero-order valence-electron chi connectivity index (χ0n) is 18.8. The van der Waals surface area contributed by atoms with Gasteiger partial charge < -0.3 is 17.8 Å². The fourth-order valence-electron chi connectivity index (χ4n) is 3.83. The van der Waals surface area contributed by atoms with E-state index in [0.29, 0.717) is 19.8 Å². The van der Waals surface area contributed by atoms with E-state index in [4.69, 9.17) is 13.3 Å². The van der Waals surface area contributed by atoms with Crippen LogP contribution in [-0.4, -0.2) is 59.3 Å². The topological polar surface area (TPSA) is 27.7 Å². The molecule has 26 heavy (non-hydrogen) atoms. The molecule has 0 unspecified atom stereocenters. The van der Waals surface area contributed by atoms with E-state index in [9.17, 15) is 0 Å². The van der Waals surface area contributed by atoms with Gasteiger partial charge in [-0.15, -0.1) is 0 Å². The second-order valence-corrected chi connectivity index (χ2v) is 10.0. The fraction of sp³-hybridized carbons (Fsp3) is 1.00. The summed E-state index contributed by atoms with van der Waals surface area (Å²) in [6, 6.07) is 0.943. The minimum atomic E-state index is -2.48. The molecule has 0 aliphatic heterocycles. The Morgan fingerprint density at radius 2 is 1.04 bits per heavy atom. The first kappa shape index (κ1) is 26.1. The molecule has 0 aromatic rings. The molecule has 0 saturated heterocycles. The molecule has 4 nitrogen and oxygen atoms in total. The number of unbranched alkanes of at least 4 members (excludes halogenated alkanes) is 5. The van der Waals surface area contributed by atoms with E-state index < -0.39 is 8.80 Å². The predicted octanol–water partition coefficient (Wildman–Crippen LogP) is 5.64. The number of nitrogens with zero attached hydrogens (tertiary/aromatic N) is 1. The predicted molar refractivity (Wildman–Crippen MR) is 115 cm³/mol. The van der Waals surface area contributed by atoms with Gasteiger partial charge >= 0.3 is 8.80 Å². The minimum absolute atomic E-state index is 0.672. The van der Waals surface area contributed by atoms with Gasteiger partial charge in [0.25, 0.3) is 0 Å². The summed E-state index contributed by atoms with van der Waals surface area (Å²) >= 11 is 0. The van der Waals surface area contributed by atoms with Crippen molar-refractivity contribution in [2.75, 3.05) is 46.0 Å². The molecule has 0 atom stereocenters. The third-order valence-corrected chi connectivity index (χ3v) is 8.69. The van der Waals surface area contributed by atoms with E-state index in [-0.39, 0.29) is 0 Å². The Labute approximate surface area is 165 Å². The summed E-state index contributed by atoms with van der Waals surface area (Å²) in [6.07, 6.45) is 9.39. The van der Waals surface area contributed by atoms with Gasteiger partial charge in [-0.2, -0.15) is 0 Å². The summed E-state index contributed by atoms with van der Waals surface area (Å²) in [5.41, 5.74) is 0. The van der Waals surface area contributed by atoms with E-state index in [1.165, 1.54) is 69.2 Å². The van der Waals surface area contributed by atoms with E-state index >= 15 is 0 Å². The highest BCUT2D eigenvalue weighted by molar-refractivity contribution is 6.60. The maximum atomic E-state index is 6.02. The summed E-state index contributed by atoms with van der Waals surface area (Å²) in [7, 11) is -2.48. The summed E-state index contributed by atoms with van der Waals surface area (Å²) in [6.45, 7) is 20.1. The summed E-state index contributed by atoms with van der Waals surface area (Å²) in [5.74, 6) is 0. The largest absolute Gasteiger partial charge is 0.501 e. The van der Waals surface area contributed by atoms with Crippen molar-refractivity contribution in [1.29, 1.82) is 0 Å². The standard InChI is InChI=1S/C21H48NO3Si/c1-7-13-14-15-16-17-19-22(8-2,9-3)20-18-21-26(23-10-4,24-11-5)25-12-6/h7-21H2,1-6H3/q+1. The molecule has 0 aromatic carbocycles. The third-order valence-electron chi connectivity index (χ3n) is 5.54. The van der Waals surface area contributed by atoms with Gasteiger partial charge in [-0.1, -0.05) is 32.6 Å². The van der Waals surface area contributed by atoms with E-state index in [1.54, 1.807) is 0 Å². The molecule has 0 spiro atoms. The van der Waals surface area contributed by atoms with Gasteiger partial charge in [-0.3, -0.25) is 0 Å². The Balaban J connectivity index is 4.53. The number of hydrogen-bond acceptors (Lipinski definition) is 3. The lowest BCUT2D eigenvalue weighted by Gasteiger charge is -2.38. The van der Waals surface area contributed by atoms with E-state index in [1.807, 2.05) is 20.8 Å². The first-order chi connectivity index (χ1) is 12.6. The van der Waals surface area contributed by atoms with Crippen molar-refractivity contribution in [3.8, 4) is 0 Å². The molecule has 0 amide bonds. The van der Waals surface area contributed by atoms with Crippen LogP contribution in [0.3, 0.4) is 0 Å². The van der Waals surface area contributed by atoms with Crippen molar-refractivity contribution < 1.29 is 17.8 Å². The van der Waals surface area contributed by atoms with Crippen LogP contribution < -0.4 is 0 Å². The summed E-state index contributed by atoms with van der Waals surface area (Å²) < 4.78 is 19.3. The van der Waals surface area contributed by atoms with Crippen LogP contribution in [0.4, 0.5) is 0 Å². The number of hydrogen-bond donors (Lipinski definition) is 0. The molecule has 0 rings (SSSR count). The highest BCUT2D eigenvalue weighted by atomic mass is 28.4. The molecule has 0 saturated carbocycles. The van der Waals surface area contributed by atoms with Crippen molar-refractivity contribution >= 4 is 8.80 Å². The van der Waals surface area contributed by atoms with Crippen LogP contribution in [0.15, 0.2) is 0 Å². The van der Waals surface area contributed by atoms with Crippen LogP contribution in [0.5, 0.6) is 0 Å². The van der Waals surface area contributed by atoms with Crippen molar-refractivity contribution in [1.82, 2.24) is 0 Å². The molecule has 158 valence electrons. The van der Waals surface area contributed by atoms with Crippen LogP contribution in [0.2, 0.25) is 6.04 Å². The normalized spacial score (nSPS) is 12.7.